The summed E-state index contributed by atoms with van der Waals surface area (Å²) in [6, 6.07) is 9.53. The van der Waals surface area contributed by atoms with Gasteiger partial charge >= 0.3 is 0 Å². The quantitative estimate of drug-likeness (QED) is 0.563. The summed E-state index contributed by atoms with van der Waals surface area (Å²) in [4.78, 5) is 29.2. The highest BCUT2D eigenvalue weighted by Gasteiger charge is 2.46. The molecular formula is C27H33N3O5. The van der Waals surface area contributed by atoms with E-state index in [2.05, 4.69) is 15.6 Å². The Balaban J connectivity index is 1.24. The summed E-state index contributed by atoms with van der Waals surface area (Å²) in [7, 11) is 0. The van der Waals surface area contributed by atoms with E-state index in [1.165, 1.54) is 6.42 Å². The smallest absolute Gasteiger partial charge is 0.228 e. The third-order valence-corrected chi connectivity index (χ3v) is 7.28. The number of amides is 2. The normalized spacial score (nSPS) is 25.7. The number of ether oxygens (including phenoxy) is 2. The van der Waals surface area contributed by atoms with Gasteiger partial charge in [-0.2, -0.15) is 0 Å². The minimum atomic E-state index is -0.502. The third-order valence-electron chi connectivity index (χ3n) is 7.28. The number of aliphatic hydroxyl groups is 1. The Hall–Kier alpha value is -2.97. The molecule has 3 aliphatic rings. The predicted molar refractivity (Wildman–Crippen MR) is 130 cm³/mol. The molecule has 1 aromatic carbocycles. The van der Waals surface area contributed by atoms with Crippen molar-refractivity contribution in [1.82, 2.24) is 10.3 Å². The van der Waals surface area contributed by atoms with E-state index < -0.39 is 6.10 Å². The van der Waals surface area contributed by atoms with E-state index in [0.717, 1.165) is 42.6 Å². The molecule has 2 aromatic rings. The summed E-state index contributed by atoms with van der Waals surface area (Å²) in [5.41, 5.74) is 2.58. The molecule has 0 radical (unpaired) electrons. The fourth-order valence-corrected chi connectivity index (χ4v) is 5.60. The summed E-state index contributed by atoms with van der Waals surface area (Å²) in [5.74, 6) is 0.624. The molecule has 1 aromatic heterocycles. The number of nitrogens with one attached hydrogen (secondary N) is 2. The van der Waals surface area contributed by atoms with Gasteiger partial charge in [0.25, 0.3) is 0 Å². The van der Waals surface area contributed by atoms with Crippen LogP contribution in [0.3, 0.4) is 0 Å². The number of aromatic nitrogens is 1. The molecule has 2 amide bonds. The molecule has 1 aliphatic carbocycles. The number of fused-ring (bicyclic) bond motifs is 3. The number of pyridine rings is 1. The highest BCUT2D eigenvalue weighted by atomic mass is 16.6. The number of hydrogen-bond donors (Lipinski definition) is 3. The summed E-state index contributed by atoms with van der Waals surface area (Å²) in [6.45, 7) is -0.175. The van der Waals surface area contributed by atoms with Gasteiger partial charge in [-0.15, -0.1) is 0 Å². The van der Waals surface area contributed by atoms with E-state index in [4.69, 9.17) is 9.47 Å². The first-order valence-electron chi connectivity index (χ1n) is 12.6. The van der Waals surface area contributed by atoms with Crippen LogP contribution >= 0.6 is 0 Å². The summed E-state index contributed by atoms with van der Waals surface area (Å²) in [6.07, 6.45) is 9.04. The van der Waals surface area contributed by atoms with Crippen LogP contribution in [0.15, 0.2) is 42.7 Å². The Morgan fingerprint density at radius 3 is 2.63 bits per heavy atom. The summed E-state index contributed by atoms with van der Waals surface area (Å²) >= 11 is 0. The van der Waals surface area contributed by atoms with Crippen LogP contribution in [0, 0.1) is 0 Å². The van der Waals surface area contributed by atoms with Gasteiger partial charge in [0.1, 0.15) is 18.0 Å². The zero-order chi connectivity index (χ0) is 24.2. The van der Waals surface area contributed by atoms with Gasteiger partial charge in [-0.05, 0) is 55.2 Å². The van der Waals surface area contributed by atoms with Crippen LogP contribution < -0.4 is 15.4 Å². The van der Waals surface area contributed by atoms with E-state index >= 15 is 0 Å². The second kappa shape index (κ2) is 10.7. The van der Waals surface area contributed by atoms with Crippen molar-refractivity contribution in [2.75, 3.05) is 11.9 Å². The molecule has 4 atom stereocenters. The largest absolute Gasteiger partial charge is 0.487 e. The molecule has 2 aliphatic heterocycles. The lowest BCUT2D eigenvalue weighted by atomic mass is 9.84. The molecular weight excluding hydrogens is 446 g/mol. The van der Waals surface area contributed by atoms with E-state index in [1.807, 2.05) is 30.3 Å². The number of carbonyl (C=O) groups is 2. The van der Waals surface area contributed by atoms with Crippen molar-refractivity contribution >= 4 is 17.5 Å². The maximum Gasteiger partial charge on any atom is 0.228 e. The fourth-order valence-electron chi connectivity index (χ4n) is 5.60. The van der Waals surface area contributed by atoms with Crippen LogP contribution in [0.25, 0.3) is 0 Å². The van der Waals surface area contributed by atoms with E-state index in [-0.39, 0.29) is 55.4 Å². The van der Waals surface area contributed by atoms with Crippen LogP contribution in [0.1, 0.15) is 62.0 Å². The van der Waals surface area contributed by atoms with Gasteiger partial charge in [-0.25, -0.2) is 0 Å². The number of benzene rings is 1. The monoisotopic (exact) mass is 479 g/mol. The second-order valence-corrected chi connectivity index (χ2v) is 9.84. The molecule has 8 nitrogen and oxygen atoms in total. The first-order chi connectivity index (χ1) is 17.1. The first kappa shape index (κ1) is 23.8. The van der Waals surface area contributed by atoms with Gasteiger partial charge in [-0.3, -0.25) is 14.6 Å². The Labute approximate surface area is 205 Å². The minimum absolute atomic E-state index is 0.00769. The number of rotatable bonds is 7. The molecule has 0 spiro atoms. The van der Waals surface area contributed by atoms with Crippen LogP contribution in [-0.4, -0.2) is 52.9 Å². The third kappa shape index (κ3) is 5.65. The summed E-state index contributed by atoms with van der Waals surface area (Å²) in [5, 5.41) is 16.1. The number of hydrogen-bond acceptors (Lipinski definition) is 6. The summed E-state index contributed by atoms with van der Waals surface area (Å²) < 4.78 is 12.2. The van der Waals surface area contributed by atoms with Crippen LogP contribution in [0.2, 0.25) is 0 Å². The Kier molecular flexibility index (Phi) is 7.29. The number of nitrogens with zero attached hydrogens (tertiary/aromatic N) is 1. The van der Waals surface area contributed by atoms with Gasteiger partial charge in [0, 0.05) is 35.6 Å². The molecule has 1 saturated heterocycles. The molecule has 2 fully saturated rings. The lowest BCUT2D eigenvalue weighted by Gasteiger charge is -2.37. The Bertz CT molecular complexity index is 1040. The predicted octanol–water partition coefficient (Wildman–Crippen LogP) is 3.10. The highest BCUT2D eigenvalue weighted by molar-refractivity contribution is 5.92. The van der Waals surface area contributed by atoms with Crippen molar-refractivity contribution in [2.45, 2.75) is 81.6 Å². The average molecular weight is 480 g/mol. The van der Waals surface area contributed by atoms with Crippen molar-refractivity contribution in [2.24, 2.45) is 0 Å². The lowest BCUT2D eigenvalue weighted by molar-refractivity contribution is -0.142. The second-order valence-electron chi connectivity index (χ2n) is 9.84. The SMILES string of the molecule is O=C(Cc1ccncc1)Nc1ccc2c(c1)[C@@H]1C[C@H](CC(=O)NC3CCCCC3)O[C@@H](CO)[C@@H]1O2. The molecule has 0 unspecified atom stereocenters. The zero-order valence-electron chi connectivity index (χ0n) is 19.8. The molecule has 3 N–H and O–H groups in total. The highest BCUT2D eigenvalue weighted by Crippen LogP contribution is 2.47. The van der Waals surface area contributed by atoms with Crippen LogP contribution in [0.4, 0.5) is 5.69 Å². The van der Waals surface area contributed by atoms with Crippen molar-refractivity contribution in [3.63, 3.8) is 0 Å². The zero-order valence-corrected chi connectivity index (χ0v) is 19.8. The standard InChI is InChI=1S/C27H33N3O5/c31-16-24-27-22(14-20(34-24)15-26(33)29-18-4-2-1-3-5-18)21-13-19(6-7-23(21)35-27)30-25(32)12-17-8-10-28-11-9-17/h6-11,13,18,20,22,24,27,31H,1-5,12,14-16H2,(H,29,33)(H,30,32)/t20-,22+,24+,27-/m1/s1. The topological polar surface area (TPSA) is 110 Å². The maximum atomic E-state index is 12.7. The van der Waals surface area contributed by atoms with Crippen molar-refractivity contribution in [3.05, 3.63) is 53.9 Å². The average Bonchev–Trinajstić information content (AvgIpc) is 3.22. The Morgan fingerprint density at radius 1 is 1.06 bits per heavy atom. The van der Waals surface area contributed by atoms with Crippen LogP contribution in [-0.2, 0) is 20.7 Å². The number of carbonyl (C=O) groups excluding carboxylic acids is 2. The van der Waals surface area contributed by atoms with Gasteiger partial charge in [0.15, 0.2) is 0 Å². The molecule has 1 saturated carbocycles. The molecule has 5 rings (SSSR count). The van der Waals surface area contributed by atoms with Crippen molar-refractivity contribution in [1.29, 1.82) is 0 Å². The lowest BCUT2D eigenvalue weighted by Crippen LogP contribution is -2.48. The van der Waals surface area contributed by atoms with Crippen molar-refractivity contribution in [3.8, 4) is 5.75 Å². The van der Waals surface area contributed by atoms with E-state index in [1.54, 1.807) is 12.4 Å². The van der Waals surface area contributed by atoms with E-state index in [0.29, 0.717) is 12.1 Å². The molecule has 0 bridgehead atoms. The maximum absolute atomic E-state index is 12.7. The van der Waals surface area contributed by atoms with Crippen molar-refractivity contribution < 1.29 is 24.2 Å². The van der Waals surface area contributed by atoms with Gasteiger partial charge < -0.3 is 25.2 Å². The van der Waals surface area contributed by atoms with E-state index in [9.17, 15) is 14.7 Å². The fraction of sp³-hybridized carbons (Fsp3) is 0.519. The van der Waals surface area contributed by atoms with Gasteiger partial charge in [0.2, 0.25) is 11.8 Å². The van der Waals surface area contributed by atoms with Gasteiger partial charge in [-0.1, -0.05) is 19.3 Å². The van der Waals surface area contributed by atoms with Gasteiger partial charge in [0.05, 0.1) is 25.6 Å². The molecule has 3 heterocycles. The number of aliphatic hydroxyl groups excluding tert-OH is 1. The Morgan fingerprint density at radius 2 is 1.86 bits per heavy atom. The first-order valence-corrected chi connectivity index (χ1v) is 12.6. The number of anilines is 1. The molecule has 186 valence electrons. The molecule has 8 heteroatoms. The molecule has 35 heavy (non-hydrogen) atoms. The van der Waals surface area contributed by atoms with Crippen LogP contribution in [0.5, 0.6) is 5.75 Å². The minimum Gasteiger partial charge on any atom is -0.487 e.